The average Bonchev–Trinajstić information content (AvgIpc) is 2.79. The number of amides is 3. The zero-order valence-electron chi connectivity index (χ0n) is 16.9. The van der Waals surface area contributed by atoms with Crippen LogP contribution in [0.1, 0.15) is 23.7 Å². The third-order valence-electron chi connectivity index (χ3n) is 4.63. The lowest BCUT2D eigenvalue weighted by Gasteiger charge is -2.27. The Kier molecular flexibility index (Phi) is 7.40. The number of nitrogens with zero attached hydrogens (tertiary/aromatic N) is 1. The van der Waals surface area contributed by atoms with Crippen molar-refractivity contribution >= 4 is 34.8 Å². The van der Waals surface area contributed by atoms with Gasteiger partial charge in [0.05, 0.1) is 19.8 Å². The van der Waals surface area contributed by atoms with Crippen molar-refractivity contribution in [1.82, 2.24) is 4.90 Å². The summed E-state index contributed by atoms with van der Waals surface area (Å²) in [6.45, 7) is 4.11. The molecule has 1 fully saturated rings. The van der Waals surface area contributed by atoms with Crippen molar-refractivity contribution < 1.29 is 19.1 Å². The summed E-state index contributed by atoms with van der Waals surface area (Å²) in [5.41, 5.74) is 2.58. The monoisotopic (exact) mass is 410 g/mol. The molecule has 0 radical (unpaired) electrons. The van der Waals surface area contributed by atoms with Crippen LogP contribution >= 0.6 is 0 Å². The Morgan fingerprint density at radius 2 is 1.53 bits per heavy atom. The first-order valence-corrected chi connectivity index (χ1v) is 9.96. The number of carbonyl (C=O) groups excluding carboxylic acids is 3. The summed E-state index contributed by atoms with van der Waals surface area (Å²) in [6.07, 6.45) is 0.406. The van der Waals surface area contributed by atoms with E-state index in [1.807, 2.05) is 6.07 Å². The topological polar surface area (TPSA) is 99.8 Å². The largest absolute Gasteiger partial charge is 0.378 e. The second kappa shape index (κ2) is 10.4. The summed E-state index contributed by atoms with van der Waals surface area (Å²) in [5, 5.41) is 8.59. The molecule has 158 valence electrons. The lowest BCUT2D eigenvalue weighted by molar-refractivity contribution is -0.116. The van der Waals surface area contributed by atoms with Crippen LogP contribution < -0.4 is 16.0 Å². The maximum absolute atomic E-state index is 12.6. The molecule has 0 atom stereocenters. The van der Waals surface area contributed by atoms with Crippen molar-refractivity contribution in [2.24, 2.45) is 0 Å². The Labute approximate surface area is 175 Å². The number of carbonyl (C=O) groups is 3. The molecule has 8 heteroatoms. The van der Waals surface area contributed by atoms with Gasteiger partial charge < -0.3 is 25.6 Å². The Morgan fingerprint density at radius 1 is 0.900 bits per heavy atom. The van der Waals surface area contributed by atoms with Crippen LogP contribution in [0.25, 0.3) is 0 Å². The number of morpholine rings is 1. The Morgan fingerprint density at radius 3 is 2.17 bits per heavy atom. The molecule has 1 aliphatic heterocycles. The second-order valence-corrected chi connectivity index (χ2v) is 6.87. The minimum absolute atomic E-state index is 0.0401. The van der Waals surface area contributed by atoms with Gasteiger partial charge >= 0.3 is 0 Å². The molecule has 0 aromatic heterocycles. The van der Waals surface area contributed by atoms with Crippen molar-refractivity contribution in [1.29, 1.82) is 0 Å². The van der Waals surface area contributed by atoms with Crippen molar-refractivity contribution in [3.8, 4) is 0 Å². The molecule has 3 rings (SSSR count). The van der Waals surface area contributed by atoms with Gasteiger partial charge in [-0.2, -0.15) is 0 Å². The van der Waals surface area contributed by atoms with E-state index in [-0.39, 0.29) is 24.3 Å². The number of hydrogen-bond acceptors (Lipinski definition) is 5. The van der Waals surface area contributed by atoms with Gasteiger partial charge in [0.2, 0.25) is 11.8 Å². The van der Waals surface area contributed by atoms with Gasteiger partial charge in [-0.3, -0.25) is 14.4 Å². The number of benzene rings is 2. The lowest BCUT2D eigenvalue weighted by atomic mass is 10.1. The molecule has 1 saturated heterocycles. The van der Waals surface area contributed by atoms with E-state index >= 15 is 0 Å². The highest BCUT2D eigenvalue weighted by Crippen LogP contribution is 2.15. The number of rotatable bonds is 7. The molecular formula is C22H26N4O4. The predicted octanol–water partition coefficient (Wildman–Crippen LogP) is 2.56. The molecule has 3 amide bonds. The van der Waals surface area contributed by atoms with Crippen LogP contribution in [0.3, 0.4) is 0 Å². The smallest absolute Gasteiger partial charge is 0.254 e. The van der Waals surface area contributed by atoms with E-state index in [4.69, 9.17) is 4.74 Å². The SMILES string of the molecule is CCC(=O)Nc1ccc(NC(=O)CNc2cccc(C(=O)N3CCOCC3)c2)cc1. The van der Waals surface area contributed by atoms with Crippen molar-refractivity contribution in [2.45, 2.75) is 13.3 Å². The molecule has 0 aliphatic carbocycles. The Bertz CT molecular complexity index is 892. The number of hydrogen-bond donors (Lipinski definition) is 3. The van der Waals surface area contributed by atoms with Crippen molar-refractivity contribution in [2.75, 3.05) is 48.8 Å². The highest BCUT2D eigenvalue weighted by atomic mass is 16.5. The first-order chi connectivity index (χ1) is 14.5. The van der Waals surface area contributed by atoms with Crippen LogP contribution in [0.2, 0.25) is 0 Å². The van der Waals surface area contributed by atoms with Crippen LogP contribution in [0.5, 0.6) is 0 Å². The maximum atomic E-state index is 12.6. The van der Waals surface area contributed by atoms with Gasteiger partial charge in [-0.1, -0.05) is 13.0 Å². The minimum Gasteiger partial charge on any atom is -0.378 e. The summed E-state index contributed by atoms with van der Waals surface area (Å²) in [4.78, 5) is 38.0. The first kappa shape index (κ1) is 21.3. The van der Waals surface area contributed by atoms with E-state index in [2.05, 4.69) is 16.0 Å². The molecule has 0 saturated carbocycles. The molecule has 2 aromatic rings. The van der Waals surface area contributed by atoms with E-state index in [9.17, 15) is 14.4 Å². The number of nitrogens with one attached hydrogen (secondary N) is 3. The van der Waals surface area contributed by atoms with Gasteiger partial charge in [-0.05, 0) is 42.5 Å². The van der Waals surface area contributed by atoms with Gasteiger partial charge in [0.1, 0.15) is 0 Å². The number of anilines is 3. The second-order valence-electron chi connectivity index (χ2n) is 6.87. The third kappa shape index (κ3) is 6.05. The predicted molar refractivity (Wildman–Crippen MR) is 116 cm³/mol. The van der Waals surface area contributed by atoms with E-state index in [1.165, 1.54) is 0 Å². The quantitative estimate of drug-likeness (QED) is 0.651. The fourth-order valence-corrected chi connectivity index (χ4v) is 2.98. The molecule has 3 N–H and O–H groups in total. The minimum atomic E-state index is -0.217. The highest BCUT2D eigenvalue weighted by molar-refractivity contribution is 5.96. The Hall–Kier alpha value is -3.39. The molecular weight excluding hydrogens is 384 g/mol. The molecule has 30 heavy (non-hydrogen) atoms. The van der Waals surface area contributed by atoms with Gasteiger partial charge in [0.15, 0.2) is 0 Å². The van der Waals surface area contributed by atoms with Crippen LogP contribution in [0.4, 0.5) is 17.1 Å². The van der Waals surface area contributed by atoms with E-state index in [1.54, 1.807) is 54.3 Å². The number of ether oxygens (including phenoxy) is 1. The van der Waals surface area contributed by atoms with Crippen LogP contribution in [-0.4, -0.2) is 55.5 Å². The summed E-state index contributed by atoms with van der Waals surface area (Å²) >= 11 is 0. The standard InChI is InChI=1S/C22H26N4O4/c1-2-20(27)24-17-6-8-18(9-7-17)25-21(28)15-23-19-5-3-4-16(14-19)22(29)26-10-12-30-13-11-26/h3-9,14,23H,2,10-13,15H2,1H3,(H,24,27)(H,25,28). The van der Waals surface area contributed by atoms with Crippen LogP contribution in [0.15, 0.2) is 48.5 Å². The molecule has 0 spiro atoms. The van der Waals surface area contributed by atoms with Gasteiger partial charge in [0, 0.05) is 42.1 Å². The van der Waals surface area contributed by atoms with Gasteiger partial charge in [-0.25, -0.2) is 0 Å². The molecule has 0 bridgehead atoms. The Balaban J connectivity index is 1.51. The summed E-state index contributed by atoms with van der Waals surface area (Å²) in [7, 11) is 0. The van der Waals surface area contributed by atoms with Crippen molar-refractivity contribution in [3.05, 3.63) is 54.1 Å². The van der Waals surface area contributed by atoms with Gasteiger partial charge in [0.25, 0.3) is 5.91 Å². The van der Waals surface area contributed by atoms with E-state index < -0.39 is 0 Å². The maximum Gasteiger partial charge on any atom is 0.254 e. The summed E-state index contributed by atoms with van der Waals surface area (Å²) in [5.74, 6) is -0.322. The van der Waals surface area contributed by atoms with Crippen LogP contribution in [-0.2, 0) is 14.3 Å². The van der Waals surface area contributed by atoms with Gasteiger partial charge in [-0.15, -0.1) is 0 Å². The zero-order chi connectivity index (χ0) is 21.3. The normalized spacial score (nSPS) is 13.4. The first-order valence-electron chi connectivity index (χ1n) is 9.96. The zero-order valence-corrected chi connectivity index (χ0v) is 16.9. The molecule has 8 nitrogen and oxygen atoms in total. The van der Waals surface area contributed by atoms with E-state index in [0.29, 0.717) is 55.3 Å². The molecule has 2 aromatic carbocycles. The molecule has 1 heterocycles. The molecule has 0 unspecified atom stereocenters. The third-order valence-corrected chi connectivity index (χ3v) is 4.63. The van der Waals surface area contributed by atoms with Crippen LogP contribution in [0, 0.1) is 0 Å². The summed E-state index contributed by atoms with van der Waals surface area (Å²) < 4.78 is 5.28. The highest BCUT2D eigenvalue weighted by Gasteiger charge is 2.18. The average molecular weight is 410 g/mol. The van der Waals surface area contributed by atoms with Crippen molar-refractivity contribution in [3.63, 3.8) is 0 Å². The summed E-state index contributed by atoms with van der Waals surface area (Å²) in [6, 6.07) is 14.0. The fourth-order valence-electron chi connectivity index (χ4n) is 2.98. The van der Waals surface area contributed by atoms with E-state index in [0.717, 1.165) is 0 Å². The fraction of sp³-hybridized carbons (Fsp3) is 0.318. The molecule has 1 aliphatic rings. The lowest BCUT2D eigenvalue weighted by Crippen LogP contribution is -2.40.